The van der Waals surface area contributed by atoms with Crippen LogP contribution in [0.3, 0.4) is 0 Å². The van der Waals surface area contributed by atoms with Gasteiger partial charge in [-0.15, -0.1) is 0 Å². The second-order valence-electron chi connectivity index (χ2n) is 3.55. The van der Waals surface area contributed by atoms with Gasteiger partial charge in [0.25, 0.3) is 0 Å². The first kappa shape index (κ1) is 14.6. The summed E-state index contributed by atoms with van der Waals surface area (Å²) in [5.74, 6) is 0.0602. The van der Waals surface area contributed by atoms with E-state index < -0.39 is 10.8 Å². The lowest BCUT2D eigenvalue weighted by atomic mass is 10.3. The van der Waals surface area contributed by atoms with E-state index >= 15 is 0 Å². The third-order valence-electron chi connectivity index (χ3n) is 2.22. The summed E-state index contributed by atoms with van der Waals surface area (Å²) in [4.78, 5) is 11.2. The fraction of sp³-hybridized carbons (Fsp3) is 0.900. The Morgan fingerprint density at radius 2 is 2.07 bits per heavy atom. The van der Waals surface area contributed by atoms with Gasteiger partial charge < -0.3 is 10.6 Å². The quantitative estimate of drug-likeness (QED) is 0.592. The van der Waals surface area contributed by atoms with Gasteiger partial charge in [-0.05, 0) is 13.0 Å². The van der Waals surface area contributed by atoms with Gasteiger partial charge in [0, 0.05) is 41.8 Å². The van der Waals surface area contributed by atoms with E-state index in [0.717, 1.165) is 19.5 Å². The lowest BCUT2D eigenvalue weighted by Gasteiger charge is -2.09. The van der Waals surface area contributed by atoms with Gasteiger partial charge in [-0.3, -0.25) is 9.00 Å². The van der Waals surface area contributed by atoms with Crippen molar-refractivity contribution in [3.05, 3.63) is 0 Å². The standard InChI is InChI=1S/C10H22N2O2S/c1-4-11-7-6-10(13)12-8-5-9(2)15(3)14/h9,11H,4-8H2,1-3H3,(H,12,13). The summed E-state index contributed by atoms with van der Waals surface area (Å²) in [5.41, 5.74) is 0. The maximum absolute atomic E-state index is 11.2. The molecule has 0 radical (unpaired) electrons. The molecule has 0 spiro atoms. The first-order valence-corrected chi connectivity index (χ1v) is 6.99. The van der Waals surface area contributed by atoms with Crippen LogP contribution in [-0.4, -0.2) is 41.3 Å². The third kappa shape index (κ3) is 8.57. The van der Waals surface area contributed by atoms with E-state index in [1.165, 1.54) is 0 Å². The second kappa shape index (κ2) is 8.85. The van der Waals surface area contributed by atoms with E-state index in [-0.39, 0.29) is 11.2 Å². The summed E-state index contributed by atoms with van der Waals surface area (Å²) in [7, 11) is -0.795. The molecular weight excluding hydrogens is 212 g/mol. The summed E-state index contributed by atoms with van der Waals surface area (Å²) >= 11 is 0. The van der Waals surface area contributed by atoms with Crippen LogP contribution in [0.25, 0.3) is 0 Å². The Balaban J connectivity index is 3.42. The number of hydrogen-bond donors (Lipinski definition) is 2. The highest BCUT2D eigenvalue weighted by atomic mass is 32.2. The Kier molecular flexibility index (Phi) is 8.61. The highest BCUT2D eigenvalue weighted by Gasteiger charge is 2.06. The van der Waals surface area contributed by atoms with Crippen molar-refractivity contribution in [3.63, 3.8) is 0 Å². The van der Waals surface area contributed by atoms with E-state index in [0.29, 0.717) is 13.0 Å². The van der Waals surface area contributed by atoms with Gasteiger partial charge in [-0.2, -0.15) is 0 Å². The van der Waals surface area contributed by atoms with E-state index in [1.54, 1.807) is 6.26 Å². The lowest BCUT2D eigenvalue weighted by molar-refractivity contribution is -0.120. The molecule has 0 aliphatic carbocycles. The van der Waals surface area contributed by atoms with E-state index in [2.05, 4.69) is 10.6 Å². The Labute approximate surface area is 94.7 Å². The van der Waals surface area contributed by atoms with Gasteiger partial charge >= 0.3 is 0 Å². The van der Waals surface area contributed by atoms with E-state index in [9.17, 15) is 9.00 Å². The minimum atomic E-state index is -0.795. The molecule has 0 fully saturated rings. The molecule has 0 saturated carbocycles. The summed E-state index contributed by atoms with van der Waals surface area (Å²) in [5, 5.41) is 6.05. The highest BCUT2D eigenvalue weighted by Crippen LogP contribution is 1.97. The largest absolute Gasteiger partial charge is 0.356 e. The predicted octanol–water partition coefficient (Wildman–Crippen LogP) is 0.259. The normalized spacial score (nSPS) is 14.6. The monoisotopic (exact) mass is 234 g/mol. The maximum atomic E-state index is 11.2. The Bertz CT molecular complexity index is 210. The molecule has 15 heavy (non-hydrogen) atoms. The van der Waals surface area contributed by atoms with Crippen molar-refractivity contribution in [2.45, 2.75) is 31.9 Å². The van der Waals surface area contributed by atoms with E-state index in [1.807, 2.05) is 13.8 Å². The van der Waals surface area contributed by atoms with Crippen LogP contribution < -0.4 is 10.6 Å². The molecule has 4 nitrogen and oxygen atoms in total. The lowest BCUT2D eigenvalue weighted by Crippen LogP contribution is -2.30. The number of carbonyl (C=O) groups is 1. The predicted molar refractivity (Wildman–Crippen MR) is 64.3 cm³/mol. The summed E-state index contributed by atoms with van der Waals surface area (Å²) in [6, 6.07) is 0. The van der Waals surface area contributed by atoms with Crippen molar-refractivity contribution in [2.24, 2.45) is 0 Å². The van der Waals surface area contributed by atoms with Gasteiger partial charge in [0.2, 0.25) is 5.91 Å². The Morgan fingerprint density at radius 3 is 2.60 bits per heavy atom. The van der Waals surface area contributed by atoms with Crippen molar-refractivity contribution in [2.75, 3.05) is 25.9 Å². The van der Waals surface area contributed by atoms with Crippen molar-refractivity contribution in [1.29, 1.82) is 0 Å². The number of nitrogens with one attached hydrogen (secondary N) is 2. The zero-order valence-corrected chi connectivity index (χ0v) is 10.7. The van der Waals surface area contributed by atoms with Crippen LogP contribution in [0.5, 0.6) is 0 Å². The van der Waals surface area contributed by atoms with Crippen molar-refractivity contribution < 1.29 is 9.00 Å². The molecule has 90 valence electrons. The molecule has 0 rings (SSSR count). The van der Waals surface area contributed by atoms with Crippen molar-refractivity contribution in [1.82, 2.24) is 10.6 Å². The summed E-state index contributed by atoms with van der Waals surface area (Å²) < 4.78 is 11.0. The molecule has 0 bridgehead atoms. The summed E-state index contributed by atoms with van der Waals surface area (Å²) in [6.07, 6.45) is 2.98. The van der Waals surface area contributed by atoms with Crippen LogP contribution in [0.1, 0.15) is 26.7 Å². The zero-order valence-electron chi connectivity index (χ0n) is 9.84. The fourth-order valence-electron chi connectivity index (χ4n) is 1.05. The maximum Gasteiger partial charge on any atom is 0.221 e. The topological polar surface area (TPSA) is 58.2 Å². The van der Waals surface area contributed by atoms with Crippen LogP contribution in [0, 0.1) is 0 Å². The smallest absolute Gasteiger partial charge is 0.221 e. The number of rotatable bonds is 8. The molecule has 5 heteroatoms. The molecule has 0 aliphatic rings. The van der Waals surface area contributed by atoms with Crippen LogP contribution >= 0.6 is 0 Å². The molecule has 0 saturated heterocycles. The molecular formula is C10H22N2O2S. The molecule has 0 aliphatic heterocycles. The molecule has 0 aromatic heterocycles. The van der Waals surface area contributed by atoms with Gasteiger partial charge in [0.05, 0.1) is 0 Å². The van der Waals surface area contributed by atoms with Crippen LogP contribution in [-0.2, 0) is 15.6 Å². The van der Waals surface area contributed by atoms with Gasteiger partial charge in [-0.1, -0.05) is 13.8 Å². The number of amides is 1. The molecule has 2 unspecified atom stereocenters. The Morgan fingerprint density at radius 1 is 1.40 bits per heavy atom. The average molecular weight is 234 g/mol. The van der Waals surface area contributed by atoms with Gasteiger partial charge in [0.1, 0.15) is 0 Å². The SMILES string of the molecule is CCNCCC(=O)NCCC(C)S(C)=O. The van der Waals surface area contributed by atoms with Crippen molar-refractivity contribution in [3.8, 4) is 0 Å². The summed E-state index contributed by atoms with van der Waals surface area (Å²) in [6.45, 7) is 6.17. The molecule has 1 amide bonds. The van der Waals surface area contributed by atoms with Crippen LogP contribution in [0.4, 0.5) is 0 Å². The minimum absolute atomic E-state index is 0.0602. The van der Waals surface area contributed by atoms with Crippen LogP contribution in [0.15, 0.2) is 0 Å². The third-order valence-corrected chi connectivity index (χ3v) is 3.59. The van der Waals surface area contributed by atoms with Crippen molar-refractivity contribution >= 4 is 16.7 Å². The molecule has 2 atom stereocenters. The van der Waals surface area contributed by atoms with Crippen LogP contribution in [0.2, 0.25) is 0 Å². The highest BCUT2D eigenvalue weighted by molar-refractivity contribution is 7.84. The molecule has 0 heterocycles. The number of carbonyl (C=O) groups excluding carboxylic acids is 1. The molecule has 0 aromatic carbocycles. The number of hydrogen-bond acceptors (Lipinski definition) is 3. The Hall–Kier alpha value is -0.420. The second-order valence-corrected chi connectivity index (χ2v) is 5.35. The average Bonchev–Trinajstić information content (AvgIpc) is 2.18. The van der Waals surface area contributed by atoms with Gasteiger partial charge in [-0.25, -0.2) is 0 Å². The minimum Gasteiger partial charge on any atom is -0.356 e. The first-order chi connectivity index (χ1) is 7.07. The fourth-order valence-corrected chi connectivity index (χ4v) is 1.50. The first-order valence-electron chi connectivity index (χ1n) is 5.37. The molecule has 2 N–H and O–H groups in total. The molecule has 0 aromatic rings. The van der Waals surface area contributed by atoms with E-state index in [4.69, 9.17) is 0 Å². The van der Waals surface area contributed by atoms with Gasteiger partial charge in [0.15, 0.2) is 0 Å². The zero-order chi connectivity index (χ0) is 11.7.